The fourth-order valence-corrected chi connectivity index (χ4v) is 2.93. The lowest BCUT2D eigenvalue weighted by molar-refractivity contribution is 0.0881. The Morgan fingerprint density at radius 2 is 2.11 bits per heavy atom. The number of aromatic nitrogens is 3. The normalized spacial score (nSPS) is 12.3. The third-order valence-electron chi connectivity index (χ3n) is 2.99. The van der Waals surface area contributed by atoms with Crippen LogP contribution in [0.5, 0.6) is 0 Å². The van der Waals surface area contributed by atoms with Gasteiger partial charge in [-0.25, -0.2) is 9.97 Å². The molecule has 0 saturated carbocycles. The molecule has 0 fully saturated rings. The molecule has 0 unspecified atom stereocenters. The summed E-state index contributed by atoms with van der Waals surface area (Å²) in [6.45, 7) is 10.4. The van der Waals surface area contributed by atoms with Crippen LogP contribution in [0.25, 0.3) is 11.2 Å². The summed E-state index contributed by atoms with van der Waals surface area (Å²) in [7, 11) is -1.03. The molecule has 2 aromatic heterocycles. The van der Waals surface area contributed by atoms with E-state index < -0.39 is 8.07 Å². The second-order valence-electron chi connectivity index (χ2n) is 5.90. The van der Waals surface area contributed by atoms with Gasteiger partial charge in [-0.15, -0.1) is 0 Å². The van der Waals surface area contributed by atoms with Crippen molar-refractivity contribution in [1.29, 1.82) is 0 Å². The van der Waals surface area contributed by atoms with Gasteiger partial charge < -0.3 is 4.74 Å². The van der Waals surface area contributed by atoms with Gasteiger partial charge in [-0.2, -0.15) is 0 Å². The van der Waals surface area contributed by atoms with Gasteiger partial charge in [0.15, 0.2) is 5.65 Å². The summed E-state index contributed by atoms with van der Waals surface area (Å²) >= 11 is 3.50. The highest BCUT2D eigenvalue weighted by Crippen LogP contribution is 2.22. The predicted octanol–water partition coefficient (Wildman–Crippen LogP) is 3.81. The number of nitrogens with zero attached hydrogens (tertiary/aromatic N) is 3. The lowest BCUT2D eigenvalue weighted by Gasteiger charge is -2.15. The van der Waals surface area contributed by atoms with Crippen LogP contribution in [-0.4, -0.2) is 29.2 Å². The largest absolute Gasteiger partial charge is 0.361 e. The minimum atomic E-state index is -1.03. The first-order chi connectivity index (χ1) is 8.88. The molecule has 0 spiro atoms. The van der Waals surface area contributed by atoms with E-state index in [9.17, 15) is 0 Å². The fraction of sp³-hybridized carbons (Fsp3) is 0.538. The zero-order valence-electron chi connectivity index (χ0n) is 11.9. The van der Waals surface area contributed by atoms with Gasteiger partial charge in [0.25, 0.3) is 0 Å². The van der Waals surface area contributed by atoms with Crippen LogP contribution in [0.2, 0.25) is 25.7 Å². The standard InChI is InChI=1S/C13H20BrN3OSi/c1-10-16-12-11(14)5-6-15-13(12)17(10)9-18-7-8-19(2,3)4/h5-6H,7-9H2,1-4H3. The number of hydrogen-bond donors (Lipinski definition) is 0. The highest BCUT2D eigenvalue weighted by atomic mass is 79.9. The van der Waals surface area contributed by atoms with E-state index >= 15 is 0 Å². The van der Waals surface area contributed by atoms with E-state index in [2.05, 4.69) is 45.5 Å². The Morgan fingerprint density at radius 1 is 1.37 bits per heavy atom. The molecule has 0 aromatic carbocycles. The van der Waals surface area contributed by atoms with Crippen molar-refractivity contribution in [3.63, 3.8) is 0 Å². The minimum Gasteiger partial charge on any atom is -0.361 e. The highest BCUT2D eigenvalue weighted by molar-refractivity contribution is 9.10. The van der Waals surface area contributed by atoms with Crippen LogP contribution in [-0.2, 0) is 11.5 Å². The van der Waals surface area contributed by atoms with Crippen molar-refractivity contribution in [1.82, 2.24) is 14.5 Å². The van der Waals surface area contributed by atoms with Crippen molar-refractivity contribution in [2.24, 2.45) is 0 Å². The Hall–Kier alpha value is -0.723. The summed E-state index contributed by atoms with van der Waals surface area (Å²) < 4.78 is 8.78. The average Bonchev–Trinajstić information content (AvgIpc) is 2.62. The zero-order valence-corrected chi connectivity index (χ0v) is 14.5. The smallest absolute Gasteiger partial charge is 0.163 e. The molecule has 104 valence electrons. The van der Waals surface area contributed by atoms with Gasteiger partial charge in [0.2, 0.25) is 0 Å². The number of pyridine rings is 1. The highest BCUT2D eigenvalue weighted by Gasteiger charge is 2.14. The molecule has 0 aliphatic heterocycles. The molecular weight excluding hydrogens is 322 g/mol. The predicted molar refractivity (Wildman–Crippen MR) is 84.1 cm³/mol. The maximum Gasteiger partial charge on any atom is 0.163 e. The lowest BCUT2D eigenvalue weighted by Crippen LogP contribution is -2.22. The van der Waals surface area contributed by atoms with Crippen molar-refractivity contribution in [2.75, 3.05) is 6.61 Å². The Labute approximate surface area is 123 Å². The maximum absolute atomic E-state index is 5.79. The number of hydrogen-bond acceptors (Lipinski definition) is 3. The summed E-state index contributed by atoms with van der Waals surface area (Å²) in [6.07, 6.45) is 1.78. The first-order valence-corrected chi connectivity index (χ1v) is 10.9. The molecule has 0 N–H and O–H groups in total. The molecule has 0 aliphatic rings. The van der Waals surface area contributed by atoms with Gasteiger partial charge in [0, 0.05) is 25.4 Å². The summed E-state index contributed by atoms with van der Waals surface area (Å²) in [6, 6.07) is 3.08. The molecule has 0 bridgehead atoms. The van der Waals surface area contributed by atoms with E-state index in [1.807, 2.05) is 17.6 Å². The van der Waals surface area contributed by atoms with Gasteiger partial charge in [-0.3, -0.25) is 4.57 Å². The van der Waals surface area contributed by atoms with Crippen LogP contribution in [0, 0.1) is 6.92 Å². The van der Waals surface area contributed by atoms with Gasteiger partial charge in [0.1, 0.15) is 18.1 Å². The van der Waals surface area contributed by atoms with Gasteiger partial charge in [-0.1, -0.05) is 19.6 Å². The van der Waals surface area contributed by atoms with Crippen molar-refractivity contribution >= 4 is 35.2 Å². The third kappa shape index (κ3) is 3.64. The molecule has 2 aromatic rings. The zero-order chi connectivity index (χ0) is 14.0. The van der Waals surface area contributed by atoms with Crippen molar-refractivity contribution < 1.29 is 4.74 Å². The molecular formula is C13H20BrN3OSi. The Bertz CT molecular complexity index is 577. The quantitative estimate of drug-likeness (QED) is 0.613. The summed E-state index contributed by atoms with van der Waals surface area (Å²) in [5.41, 5.74) is 1.77. The second-order valence-corrected chi connectivity index (χ2v) is 12.4. The van der Waals surface area contributed by atoms with E-state index in [-0.39, 0.29) is 0 Å². The third-order valence-corrected chi connectivity index (χ3v) is 5.34. The fourth-order valence-electron chi connectivity index (χ4n) is 1.79. The van der Waals surface area contributed by atoms with E-state index in [0.717, 1.165) is 28.1 Å². The Kier molecular flexibility index (Phi) is 4.42. The van der Waals surface area contributed by atoms with Crippen LogP contribution < -0.4 is 0 Å². The molecule has 2 heterocycles. The topological polar surface area (TPSA) is 39.9 Å². The van der Waals surface area contributed by atoms with Crippen molar-refractivity contribution in [3.05, 3.63) is 22.6 Å². The van der Waals surface area contributed by atoms with Crippen molar-refractivity contribution in [3.8, 4) is 0 Å². The molecule has 0 aliphatic carbocycles. The Morgan fingerprint density at radius 3 is 2.79 bits per heavy atom. The van der Waals surface area contributed by atoms with E-state index in [0.29, 0.717) is 6.73 Å². The number of ether oxygens (including phenoxy) is 1. The molecule has 4 nitrogen and oxygen atoms in total. The number of rotatable bonds is 5. The van der Waals surface area contributed by atoms with E-state index in [1.165, 1.54) is 6.04 Å². The van der Waals surface area contributed by atoms with Gasteiger partial charge >= 0.3 is 0 Å². The van der Waals surface area contributed by atoms with Crippen molar-refractivity contribution in [2.45, 2.75) is 39.3 Å². The molecule has 0 amide bonds. The van der Waals surface area contributed by atoms with Gasteiger partial charge in [-0.05, 0) is 35.0 Å². The average molecular weight is 342 g/mol. The minimum absolute atomic E-state index is 0.524. The first-order valence-electron chi connectivity index (χ1n) is 6.43. The molecule has 0 saturated heterocycles. The maximum atomic E-state index is 5.79. The molecule has 6 heteroatoms. The number of halogens is 1. The van der Waals surface area contributed by atoms with Crippen LogP contribution >= 0.6 is 15.9 Å². The molecule has 0 radical (unpaired) electrons. The molecule has 19 heavy (non-hydrogen) atoms. The molecule has 2 rings (SSSR count). The summed E-state index contributed by atoms with van der Waals surface area (Å²) in [4.78, 5) is 8.91. The number of fused-ring (bicyclic) bond motifs is 1. The monoisotopic (exact) mass is 341 g/mol. The summed E-state index contributed by atoms with van der Waals surface area (Å²) in [5.74, 6) is 0.933. The lowest BCUT2D eigenvalue weighted by atomic mass is 10.4. The second kappa shape index (κ2) is 5.72. The SMILES string of the molecule is Cc1nc2c(Br)ccnc2n1COCC[Si](C)(C)C. The first kappa shape index (κ1) is 14.7. The van der Waals surface area contributed by atoms with Gasteiger partial charge in [0.05, 0.1) is 0 Å². The number of aryl methyl sites for hydroxylation is 1. The number of imidazole rings is 1. The van der Waals surface area contributed by atoms with Crippen LogP contribution in [0.1, 0.15) is 5.82 Å². The summed E-state index contributed by atoms with van der Waals surface area (Å²) in [5, 5.41) is 0. The van der Waals surface area contributed by atoms with Crippen LogP contribution in [0.15, 0.2) is 16.7 Å². The molecule has 0 atom stereocenters. The van der Waals surface area contributed by atoms with E-state index in [1.54, 1.807) is 6.20 Å². The Balaban J connectivity index is 2.09. The van der Waals surface area contributed by atoms with Crippen LogP contribution in [0.3, 0.4) is 0 Å². The van der Waals surface area contributed by atoms with Crippen LogP contribution in [0.4, 0.5) is 0 Å². The van der Waals surface area contributed by atoms with E-state index in [4.69, 9.17) is 4.74 Å².